The molecule has 0 amide bonds. The van der Waals surface area contributed by atoms with Crippen LogP contribution in [0.25, 0.3) is 0 Å². The number of nitrogens with two attached hydrogens (primary N) is 1. The van der Waals surface area contributed by atoms with Gasteiger partial charge in [0.15, 0.2) is 5.82 Å². The fraction of sp³-hybridized carbons (Fsp3) is 0.556. The molecule has 0 bridgehead atoms. The number of hydrogen-bond donors (Lipinski definition) is 1. The summed E-state index contributed by atoms with van der Waals surface area (Å²) in [5.74, 6) is 1.20. The van der Waals surface area contributed by atoms with Gasteiger partial charge in [-0.3, -0.25) is 0 Å². The van der Waals surface area contributed by atoms with Crippen molar-refractivity contribution in [2.45, 2.75) is 25.4 Å². The van der Waals surface area contributed by atoms with Gasteiger partial charge in [0.05, 0.1) is 7.11 Å². The molecule has 0 atom stereocenters. The molecule has 1 aromatic rings. The van der Waals surface area contributed by atoms with Crippen LogP contribution in [-0.2, 0) is 0 Å². The van der Waals surface area contributed by atoms with E-state index in [4.69, 9.17) is 15.2 Å². The fourth-order valence-corrected chi connectivity index (χ4v) is 1.29. The molecule has 5 nitrogen and oxygen atoms in total. The topological polar surface area (TPSA) is 70.3 Å². The van der Waals surface area contributed by atoms with Crippen molar-refractivity contribution >= 4 is 5.82 Å². The van der Waals surface area contributed by atoms with Crippen molar-refractivity contribution < 1.29 is 9.47 Å². The average Bonchev–Trinajstić information content (AvgIpc) is 2.11. The molecular formula is C9H13N3O2. The summed E-state index contributed by atoms with van der Waals surface area (Å²) in [5, 5.41) is 0. The molecule has 5 heteroatoms. The molecule has 1 heterocycles. The highest BCUT2D eigenvalue weighted by Gasteiger charge is 2.22. The van der Waals surface area contributed by atoms with Crippen LogP contribution < -0.4 is 15.2 Å². The van der Waals surface area contributed by atoms with Crippen molar-refractivity contribution in [1.82, 2.24) is 9.97 Å². The van der Waals surface area contributed by atoms with Gasteiger partial charge in [-0.2, -0.15) is 4.98 Å². The zero-order chi connectivity index (χ0) is 9.97. The fourth-order valence-electron chi connectivity index (χ4n) is 1.29. The molecule has 0 aliphatic heterocycles. The highest BCUT2D eigenvalue weighted by Crippen LogP contribution is 2.32. The monoisotopic (exact) mass is 195 g/mol. The van der Waals surface area contributed by atoms with Gasteiger partial charge in [0, 0.05) is 0 Å². The van der Waals surface area contributed by atoms with Gasteiger partial charge in [-0.25, -0.2) is 4.98 Å². The molecule has 1 aliphatic carbocycles. The van der Waals surface area contributed by atoms with E-state index in [1.54, 1.807) is 0 Å². The van der Waals surface area contributed by atoms with Gasteiger partial charge in [-0.05, 0) is 19.3 Å². The van der Waals surface area contributed by atoms with Crippen LogP contribution in [0.1, 0.15) is 19.3 Å². The maximum Gasteiger partial charge on any atom is 0.262 e. The summed E-state index contributed by atoms with van der Waals surface area (Å²) in [6.07, 6.45) is 5.01. The minimum absolute atomic E-state index is 0.262. The first kappa shape index (κ1) is 9.05. The van der Waals surface area contributed by atoms with E-state index in [2.05, 4.69) is 9.97 Å². The molecule has 0 aromatic carbocycles. The first-order valence-corrected chi connectivity index (χ1v) is 4.62. The summed E-state index contributed by atoms with van der Waals surface area (Å²) >= 11 is 0. The molecule has 2 N–H and O–H groups in total. The van der Waals surface area contributed by atoms with E-state index >= 15 is 0 Å². The van der Waals surface area contributed by atoms with E-state index in [-0.39, 0.29) is 6.10 Å². The smallest absolute Gasteiger partial charge is 0.262 e. The number of rotatable bonds is 3. The molecule has 0 unspecified atom stereocenters. The summed E-state index contributed by atoms with van der Waals surface area (Å²) in [5.41, 5.74) is 5.61. The Balaban J connectivity index is 2.17. The van der Waals surface area contributed by atoms with E-state index in [1.165, 1.54) is 19.9 Å². The molecule has 1 fully saturated rings. The normalized spacial score (nSPS) is 16.1. The van der Waals surface area contributed by atoms with Crippen LogP contribution in [0.4, 0.5) is 5.82 Å². The van der Waals surface area contributed by atoms with E-state index in [9.17, 15) is 0 Å². The average molecular weight is 195 g/mol. The first-order chi connectivity index (χ1) is 6.81. The molecule has 0 spiro atoms. The molecule has 0 radical (unpaired) electrons. The second-order valence-corrected chi connectivity index (χ2v) is 3.27. The van der Waals surface area contributed by atoms with Crippen LogP contribution in [0.15, 0.2) is 6.33 Å². The Labute approximate surface area is 82.3 Å². The largest absolute Gasteiger partial charge is 0.489 e. The Morgan fingerprint density at radius 2 is 2.21 bits per heavy atom. The van der Waals surface area contributed by atoms with Gasteiger partial charge in [0.1, 0.15) is 12.4 Å². The highest BCUT2D eigenvalue weighted by molar-refractivity contribution is 5.51. The predicted octanol–water partition coefficient (Wildman–Crippen LogP) is 0.999. The van der Waals surface area contributed by atoms with Crippen molar-refractivity contribution in [2.24, 2.45) is 0 Å². The third-order valence-corrected chi connectivity index (χ3v) is 2.33. The van der Waals surface area contributed by atoms with Crippen LogP contribution in [0, 0.1) is 0 Å². The Kier molecular flexibility index (Phi) is 2.39. The lowest BCUT2D eigenvalue weighted by atomic mass is 9.96. The molecule has 76 valence electrons. The first-order valence-electron chi connectivity index (χ1n) is 4.62. The van der Waals surface area contributed by atoms with Crippen LogP contribution in [-0.4, -0.2) is 23.2 Å². The zero-order valence-corrected chi connectivity index (χ0v) is 8.06. The Hall–Kier alpha value is -1.52. The number of ether oxygens (including phenoxy) is 2. The van der Waals surface area contributed by atoms with Crippen molar-refractivity contribution in [3.8, 4) is 11.6 Å². The number of aromatic nitrogens is 2. The van der Waals surface area contributed by atoms with Gasteiger partial charge in [0.2, 0.25) is 5.75 Å². The van der Waals surface area contributed by atoms with Crippen LogP contribution in [0.2, 0.25) is 0 Å². The summed E-state index contributed by atoms with van der Waals surface area (Å²) in [7, 11) is 1.53. The molecule has 1 saturated carbocycles. The Morgan fingerprint density at radius 3 is 2.79 bits per heavy atom. The number of methoxy groups -OCH3 is 1. The SMILES string of the molecule is COc1c(N)ncnc1OC1CCC1. The maximum absolute atomic E-state index is 5.61. The van der Waals surface area contributed by atoms with Gasteiger partial charge in [-0.15, -0.1) is 0 Å². The predicted molar refractivity (Wildman–Crippen MR) is 51.3 cm³/mol. The molecule has 14 heavy (non-hydrogen) atoms. The van der Waals surface area contributed by atoms with E-state index < -0.39 is 0 Å². The molecule has 1 aromatic heterocycles. The minimum Gasteiger partial charge on any atom is -0.489 e. The van der Waals surface area contributed by atoms with Gasteiger partial charge < -0.3 is 15.2 Å². The van der Waals surface area contributed by atoms with Crippen molar-refractivity contribution in [3.63, 3.8) is 0 Å². The van der Waals surface area contributed by atoms with Gasteiger partial charge >= 0.3 is 0 Å². The second kappa shape index (κ2) is 3.69. The summed E-state index contributed by atoms with van der Waals surface area (Å²) < 4.78 is 10.7. The maximum atomic E-state index is 5.61. The second-order valence-electron chi connectivity index (χ2n) is 3.27. The summed E-state index contributed by atoms with van der Waals surface area (Å²) in [4.78, 5) is 7.82. The van der Waals surface area contributed by atoms with Crippen molar-refractivity contribution in [2.75, 3.05) is 12.8 Å². The molecular weight excluding hydrogens is 182 g/mol. The standard InChI is InChI=1S/C9H13N3O2/c1-13-7-8(10)11-5-12-9(7)14-6-3-2-4-6/h5-6H,2-4H2,1H3,(H2,10,11,12). The number of anilines is 1. The lowest BCUT2D eigenvalue weighted by molar-refractivity contribution is 0.110. The van der Waals surface area contributed by atoms with E-state index in [0.717, 1.165) is 12.8 Å². The molecule has 2 rings (SSSR count). The third-order valence-electron chi connectivity index (χ3n) is 2.33. The zero-order valence-electron chi connectivity index (χ0n) is 8.06. The van der Waals surface area contributed by atoms with E-state index in [1.807, 2.05) is 0 Å². The van der Waals surface area contributed by atoms with Crippen LogP contribution >= 0.6 is 0 Å². The Bertz CT molecular complexity index is 326. The highest BCUT2D eigenvalue weighted by atomic mass is 16.5. The number of nitrogen functional groups attached to an aromatic ring is 1. The lowest BCUT2D eigenvalue weighted by Crippen LogP contribution is -2.25. The summed E-state index contributed by atoms with van der Waals surface area (Å²) in [6.45, 7) is 0. The van der Waals surface area contributed by atoms with E-state index in [0.29, 0.717) is 17.4 Å². The molecule has 1 aliphatic rings. The van der Waals surface area contributed by atoms with Crippen LogP contribution in [0.5, 0.6) is 11.6 Å². The lowest BCUT2D eigenvalue weighted by Gasteiger charge is -2.26. The minimum atomic E-state index is 0.262. The quantitative estimate of drug-likeness (QED) is 0.779. The molecule has 0 saturated heterocycles. The Morgan fingerprint density at radius 1 is 1.43 bits per heavy atom. The summed E-state index contributed by atoms with van der Waals surface area (Å²) in [6, 6.07) is 0. The number of nitrogens with zero attached hydrogens (tertiary/aromatic N) is 2. The third kappa shape index (κ3) is 1.57. The van der Waals surface area contributed by atoms with Crippen molar-refractivity contribution in [1.29, 1.82) is 0 Å². The van der Waals surface area contributed by atoms with Crippen LogP contribution in [0.3, 0.4) is 0 Å². The van der Waals surface area contributed by atoms with Crippen molar-refractivity contribution in [3.05, 3.63) is 6.33 Å². The number of hydrogen-bond acceptors (Lipinski definition) is 5. The van der Waals surface area contributed by atoms with Gasteiger partial charge in [0.25, 0.3) is 5.88 Å². The van der Waals surface area contributed by atoms with Gasteiger partial charge in [-0.1, -0.05) is 0 Å².